The first-order chi connectivity index (χ1) is 8.56. The summed E-state index contributed by atoms with van der Waals surface area (Å²) in [5.41, 5.74) is 0.797. The van der Waals surface area contributed by atoms with Gasteiger partial charge >= 0.3 is 5.97 Å². The zero-order chi connectivity index (χ0) is 13.1. The first-order valence-electron chi connectivity index (χ1n) is 5.84. The number of rotatable bonds is 5. The van der Waals surface area contributed by atoms with E-state index in [0.717, 1.165) is 18.4 Å². The van der Waals surface area contributed by atoms with Gasteiger partial charge in [-0.15, -0.1) is 0 Å². The third kappa shape index (κ3) is 3.47. The molecular formula is C13H14ClNO3. The highest BCUT2D eigenvalue weighted by molar-refractivity contribution is 6.30. The van der Waals surface area contributed by atoms with Crippen molar-refractivity contribution in [3.05, 3.63) is 34.9 Å². The van der Waals surface area contributed by atoms with Crippen LogP contribution in [-0.4, -0.2) is 23.0 Å². The Bertz CT molecular complexity index is 471. The Kier molecular flexibility index (Phi) is 3.87. The third-order valence-corrected chi connectivity index (χ3v) is 3.13. The number of carboxylic acid groups (broad SMARTS) is 1. The predicted octanol–water partition coefficient (Wildman–Crippen LogP) is 1.86. The smallest absolute Gasteiger partial charge is 0.326 e. The Morgan fingerprint density at radius 1 is 1.44 bits per heavy atom. The van der Waals surface area contributed by atoms with Crippen LogP contribution in [-0.2, 0) is 16.0 Å². The number of hydrogen-bond acceptors (Lipinski definition) is 2. The van der Waals surface area contributed by atoms with E-state index in [0.29, 0.717) is 5.02 Å². The maximum absolute atomic E-state index is 11.6. The predicted molar refractivity (Wildman–Crippen MR) is 67.4 cm³/mol. The number of carbonyl (C=O) groups excluding carboxylic acids is 1. The maximum Gasteiger partial charge on any atom is 0.326 e. The van der Waals surface area contributed by atoms with Crippen molar-refractivity contribution in [1.82, 2.24) is 5.32 Å². The summed E-state index contributed by atoms with van der Waals surface area (Å²) in [5, 5.41) is 12.2. The van der Waals surface area contributed by atoms with Crippen LogP contribution in [0.25, 0.3) is 0 Å². The lowest BCUT2D eigenvalue weighted by Crippen LogP contribution is -2.43. The van der Waals surface area contributed by atoms with Gasteiger partial charge in [0.25, 0.3) is 0 Å². The molecule has 1 amide bonds. The van der Waals surface area contributed by atoms with Crippen LogP contribution in [0.15, 0.2) is 24.3 Å². The number of halogens is 1. The molecule has 4 nitrogen and oxygen atoms in total. The number of amides is 1. The number of nitrogens with one attached hydrogen (secondary N) is 1. The zero-order valence-corrected chi connectivity index (χ0v) is 10.5. The van der Waals surface area contributed by atoms with E-state index < -0.39 is 12.0 Å². The highest BCUT2D eigenvalue weighted by atomic mass is 35.5. The fourth-order valence-electron chi connectivity index (χ4n) is 1.73. The Labute approximate surface area is 110 Å². The molecule has 0 saturated heterocycles. The first kappa shape index (κ1) is 12.9. The summed E-state index contributed by atoms with van der Waals surface area (Å²) in [7, 11) is 0. The van der Waals surface area contributed by atoms with E-state index in [1.165, 1.54) is 0 Å². The van der Waals surface area contributed by atoms with Crippen LogP contribution in [0, 0.1) is 5.92 Å². The fraction of sp³-hybridized carbons (Fsp3) is 0.385. The van der Waals surface area contributed by atoms with E-state index in [2.05, 4.69) is 5.32 Å². The Morgan fingerprint density at radius 2 is 2.17 bits per heavy atom. The second-order valence-electron chi connectivity index (χ2n) is 4.51. The van der Waals surface area contributed by atoms with Crippen molar-refractivity contribution in [2.24, 2.45) is 5.92 Å². The molecular weight excluding hydrogens is 254 g/mol. The van der Waals surface area contributed by atoms with Crippen molar-refractivity contribution >= 4 is 23.5 Å². The molecule has 18 heavy (non-hydrogen) atoms. The van der Waals surface area contributed by atoms with Gasteiger partial charge < -0.3 is 10.4 Å². The van der Waals surface area contributed by atoms with Crippen LogP contribution in [0.1, 0.15) is 18.4 Å². The molecule has 96 valence electrons. The molecule has 0 unspecified atom stereocenters. The normalized spacial score (nSPS) is 16.1. The molecule has 1 atom stereocenters. The molecule has 0 bridgehead atoms. The van der Waals surface area contributed by atoms with E-state index in [9.17, 15) is 9.59 Å². The van der Waals surface area contributed by atoms with Crippen molar-refractivity contribution in [2.45, 2.75) is 25.3 Å². The Morgan fingerprint density at radius 3 is 2.72 bits per heavy atom. The molecule has 1 fully saturated rings. The number of aliphatic carboxylic acids is 1. The molecule has 0 spiro atoms. The van der Waals surface area contributed by atoms with E-state index >= 15 is 0 Å². The Balaban J connectivity index is 2.01. The minimum absolute atomic E-state index is 0.00575. The number of carboxylic acids is 1. The monoisotopic (exact) mass is 267 g/mol. The van der Waals surface area contributed by atoms with Crippen molar-refractivity contribution < 1.29 is 14.7 Å². The van der Waals surface area contributed by atoms with Gasteiger partial charge in [-0.05, 0) is 30.5 Å². The number of carbonyl (C=O) groups is 2. The van der Waals surface area contributed by atoms with Crippen molar-refractivity contribution in [3.63, 3.8) is 0 Å². The van der Waals surface area contributed by atoms with Gasteiger partial charge in [0.1, 0.15) is 6.04 Å². The molecule has 5 heteroatoms. The van der Waals surface area contributed by atoms with Gasteiger partial charge in [-0.3, -0.25) is 4.79 Å². The van der Waals surface area contributed by atoms with Gasteiger partial charge in [-0.2, -0.15) is 0 Å². The number of benzene rings is 1. The van der Waals surface area contributed by atoms with Crippen LogP contribution in [0.5, 0.6) is 0 Å². The summed E-state index contributed by atoms with van der Waals surface area (Å²) in [6, 6.07) is 6.10. The van der Waals surface area contributed by atoms with Crippen molar-refractivity contribution in [2.75, 3.05) is 0 Å². The molecule has 1 saturated carbocycles. The van der Waals surface area contributed by atoms with Crippen molar-refractivity contribution in [3.8, 4) is 0 Å². The molecule has 0 aliphatic heterocycles. The standard InChI is InChI=1S/C13H14ClNO3/c14-10-3-1-2-8(6-10)7-11(13(17)18)15-12(16)9-4-5-9/h1-3,6,9,11H,4-5,7H2,(H,15,16)(H,17,18)/t11-/m0/s1. The zero-order valence-electron chi connectivity index (χ0n) is 9.73. The van der Waals surface area contributed by atoms with Gasteiger partial charge in [-0.25, -0.2) is 4.79 Å². The molecule has 0 heterocycles. The second-order valence-corrected chi connectivity index (χ2v) is 4.94. The van der Waals surface area contributed by atoms with E-state index in [4.69, 9.17) is 16.7 Å². The lowest BCUT2D eigenvalue weighted by atomic mass is 10.1. The summed E-state index contributed by atoms with van der Waals surface area (Å²) < 4.78 is 0. The minimum Gasteiger partial charge on any atom is -0.480 e. The number of hydrogen-bond donors (Lipinski definition) is 2. The lowest BCUT2D eigenvalue weighted by molar-refractivity contribution is -0.142. The van der Waals surface area contributed by atoms with E-state index in [-0.39, 0.29) is 18.2 Å². The molecule has 1 aliphatic rings. The maximum atomic E-state index is 11.6. The van der Waals surface area contributed by atoms with Crippen LogP contribution >= 0.6 is 11.6 Å². The van der Waals surface area contributed by atoms with Gasteiger partial charge in [0.2, 0.25) is 5.91 Å². The highest BCUT2D eigenvalue weighted by Gasteiger charge is 2.32. The van der Waals surface area contributed by atoms with Gasteiger partial charge in [0.15, 0.2) is 0 Å². The van der Waals surface area contributed by atoms with Gasteiger partial charge in [0.05, 0.1) is 0 Å². The fourth-order valence-corrected chi connectivity index (χ4v) is 1.95. The average molecular weight is 268 g/mol. The molecule has 0 radical (unpaired) electrons. The summed E-state index contributed by atoms with van der Waals surface area (Å²) in [5.74, 6) is -1.18. The molecule has 1 aromatic rings. The van der Waals surface area contributed by atoms with Crippen LogP contribution in [0.3, 0.4) is 0 Å². The summed E-state index contributed by atoms with van der Waals surface area (Å²) in [4.78, 5) is 22.7. The quantitative estimate of drug-likeness (QED) is 0.856. The van der Waals surface area contributed by atoms with Crippen LogP contribution in [0.2, 0.25) is 5.02 Å². The van der Waals surface area contributed by atoms with Crippen LogP contribution < -0.4 is 5.32 Å². The largest absolute Gasteiger partial charge is 0.480 e. The van der Waals surface area contributed by atoms with E-state index in [1.54, 1.807) is 24.3 Å². The minimum atomic E-state index is -1.02. The van der Waals surface area contributed by atoms with Gasteiger partial charge in [0, 0.05) is 17.4 Å². The SMILES string of the molecule is O=C(N[C@@H](Cc1cccc(Cl)c1)C(=O)O)C1CC1. The van der Waals surface area contributed by atoms with Crippen molar-refractivity contribution in [1.29, 1.82) is 0 Å². The summed E-state index contributed by atoms with van der Waals surface area (Å²) in [6.07, 6.45) is 1.96. The molecule has 1 aromatic carbocycles. The lowest BCUT2D eigenvalue weighted by Gasteiger charge is -2.14. The summed E-state index contributed by atoms with van der Waals surface area (Å²) >= 11 is 5.84. The van der Waals surface area contributed by atoms with Crippen LogP contribution in [0.4, 0.5) is 0 Å². The molecule has 0 aromatic heterocycles. The Hall–Kier alpha value is -1.55. The average Bonchev–Trinajstić information content (AvgIpc) is 3.11. The molecule has 2 N–H and O–H groups in total. The van der Waals surface area contributed by atoms with E-state index in [1.807, 2.05) is 0 Å². The first-order valence-corrected chi connectivity index (χ1v) is 6.21. The van der Waals surface area contributed by atoms with Gasteiger partial charge in [-0.1, -0.05) is 23.7 Å². The third-order valence-electron chi connectivity index (χ3n) is 2.89. The molecule has 1 aliphatic carbocycles. The second kappa shape index (κ2) is 5.40. The molecule has 2 rings (SSSR count). The summed E-state index contributed by atoms with van der Waals surface area (Å²) in [6.45, 7) is 0. The highest BCUT2D eigenvalue weighted by Crippen LogP contribution is 2.29. The topological polar surface area (TPSA) is 66.4 Å².